The highest BCUT2D eigenvalue weighted by atomic mass is 35.5. The quantitative estimate of drug-likeness (QED) is 0.885. The van der Waals surface area contributed by atoms with Crippen molar-refractivity contribution in [3.05, 3.63) is 17.5 Å². The van der Waals surface area contributed by atoms with E-state index in [2.05, 4.69) is 5.32 Å². The highest BCUT2D eigenvalue weighted by molar-refractivity contribution is 7.91. The molecular formula is C9H15ClN2O2S2. The molecule has 1 aromatic rings. The van der Waals surface area contributed by atoms with Crippen LogP contribution in [0.3, 0.4) is 0 Å². The van der Waals surface area contributed by atoms with Crippen molar-refractivity contribution in [1.29, 1.82) is 0 Å². The molecule has 1 saturated heterocycles. The molecule has 92 valence electrons. The fourth-order valence-electron chi connectivity index (χ4n) is 1.65. The molecule has 7 heteroatoms. The predicted molar refractivity (Wildman–Crippen MR) is 67.8 cm³/mol. The molecule has 1 fully saturated rings. The second-order valence-corrected chi connectivity index (χ2v) is 6.76. The van der Waals surface area contributed by atoms with Crippen LogP contribution in [-0.2, 0) is 10.0 Å². The molecule has 2 rings (SSSR count). The third-order valence-corrected chi connectivity index (χ3v) is 5.66. The van der Waals surface area contributed by atoms with Crippen molar-refractivity contribution in [3.63, 3.8) is 0 Å². The topological polar surface area (TPSA) is 49.4 Å². The molecule has 0 spiro atoms. The van der Waals surface area contributed by atoms with Crippen LogP contribution in [0.5, 0.6) is 0 Å². The summed E-state index contributed by atoms with van der Waals surface area (Å²) >= 11 is 1.27. The standard InChI is InChI=1S/C9H14N2O2S2.ClH/c1-8-7-11(5-4-10-8)15(12,13)9-3-2-6-14-9;/h2-3,6,8,10H,4-5,7H2,1H3;1H/t8-;/m1./s1. The van der Waals surface area contributed by atoms with Gasteiger partial charge in [-0.2, -0.15) is 4.31 Å². The summed E-state index contributed by atoms with van der Waals surface area (Å²) in [6.07, 6.45) is 0. The summed E-state index contributed by atoms with van der Waals surface area (Å²) in [7, 11) is -3.24. The van der Waals surface area contributed by atoms with Gasteiger partial charge in [-0.3, -0.25) is 0 Å². The maximum atomic E-state index is 12.1. The minimum Gasteiger partial charge on any atom is -0.312 e. The Hall–Kier alpha value is -0.140. The van der Waals surface area contributed by atoms with Crippen LogP contribution < -0.4 is 5.32 Å². The van der Waals surface area contributed by atoms with E-state index in [-0.39, 0.29) is 18.4 Å². The average molecular weight is 283 g/mol. The zero-order chi connectivity index (χ0) is 10.9. The molecule has 2 heterocycles. The number of hydrogen-bond donors (Lipinski definition) is 1. The van der Waals surface area contributed by atoms with Gasteiger partial charge in [0.1, 0.15) is 4.21 Å². The Morgan fingerprint density at radius 1 is 1.56 bits per heavy atom. The van der Waals surface area contributed by atoms with Gasteiger partial charge in [0.05, 0.1) is 0 Å². The molecule has 0 unspecified atom stereocenters. The zero-order valence-corrected chi connectivity index (χ0v) is 11.4. The Morgan fingerprint density at radius 2 is 2.31 bits per heavy atom. The van der Waals surface area contributed by atoms with Crippen LogP contribution in [0.2, 0.25) is 0 Å². The first-order valence-electron chi connectivity index (χ1n) is 4.88. The van der Waals surface area contributed by atoms with Crippen LogP contribution in [0.25, 0.3) is 0 Å². The molecule has 0 radical (unpaired) electrons. The fraction of sp³-hybridized carbons (Fsp3) is 0.556. The molecule has 1 N–H and O–H groups in total. The first-order chi connectivity index (χ1) is 7.10. The van der Waals surface area contributed by atoms with Crippen molar-refractivity contribution in [3.8, 4) is 0 Å². The fourth-order valence-corrected chi connectivity index (χ4v) is 4.33. The van der Waals surface area contributed by atoms with Gasteiger partial charge in [0.15, 0.2) is 0 Å². The summed E-state index contributed by atoms with van der Waals surface area (Å²) in [6.45, 7) is 3.84. The zero-order valence-electron chi connectivity index (χ0n) is 8.92. The monoisotopic (exact) mass is 282 g/mol. The minimum absolute atomic E-state index is 0. The number of thiophene rings is 1. The average Bonchev–Trinajstić information content (AvgIpc) is 2.71. The van der Waals surface area contributed by atoms with Crippen molar-refractivity contribution in [2.45, 2.75) is 17.2 Å². The van der Waals surface area contributed by atoms with Gasteiger partial charge in [0.2, 0.25) is 0 Å². The molecule has 16 heavy (non-hydrogen) atoms. The lowest BCUT2D eigenvalue weighted by Crippen LogP contribution is -2.51. The molecule has 1 aliphatic rings. The minimum atomic E-state index is -3.24. The second-order valence-electron chi connectivity index (χ2n) is 3.65. The van der Waals surface area contributed by atoms with Crippen LogP contribution in [0.15, 0.2) is 21.7 Å². The molecule has 0 amide bonds. The SMILES string of the molecule is C[C@@H]1CN(S(=O)(=O)c2cccs2)CCN1.Cl. The molecular weight excluding hydrogens is 268 g/mol. The van der Waals surface area contributed by atoms with Gasteiger partial charge in [-0.05, 0) is 18.4 Å². The Bertz CT molecular complexity index is 419. The Morgan fingerprint density at radius 3 is 2.88 bits per heavy atom. The normalized spacial score (nSPS) is 22.7. The van der Waals surface area contributed by atoms with Gasteiger partial charge in [0.25, 0.3) is 10.0 Å². The van der Waals surface area contributed by atoms with E-state index in [1.54, 1.807) is 21.8 Å². The molecule has 1 aliphatic heterocycles. The molecule has 0 aliphatic carbocycles. The predicted octanol–water partition coefficient (Wildman–Crippen LogP) is 1.15. The van der Waals surface area contributed by atoms with Crippen molar-refractivity contribution in [2.24, 2.45) is 0 Å². The van der Waals surface area contributed by atoms with Crippen molar-refractivity contribution in [2.75, 3.05) is 19.6 Å². The molecule has 1 atom stereocenters. The number of halogens is 1. The van der Waals surface area contributed by atoms with E-state index in [0.717, 1.165) is 6.54 Å². The van der Waals surface area contributed by atoms with Crippen molar-refractivity contribution >= 4 is 33.8 Å². The Kier molecular flexibility index (Phi) is 4.75. The Labute approximate surface area is 106 Å². The number of sulfonamides is 1. The maximum absolute atomic E-state index is 12.1. The number of rotatable bonds is 2. The lowest BCUT2D eigenvalue weighted by atomic mass is 10.3. The van der Waals surface area contributed by atoms with Gasteiger partial charge in [-0.15, -0.1) is 23.7 Å². The molecule has 0 aromatic carbocycles. The second kappa shape index (κ2) is 5.46. The van der Waals surface area contributed by atoms with Gasteiger partial charge in [0, 0.05) is 25.7 Å². The number of piperazine rings is 1. The van der Waals surface area contributed by atoms with Crippen LogP contribution in [-0.4, -0.2) is 38.4 Å². The third-order valence-electron chi connectivity index (χ3n) is 2.42. The molecule has 1 aromatic heterocycles. The largest absolute Gasteiger partial charge is 0.312 e. The summed E-state index contributed by atoms with van der Waals surface area (Å²) in [6, 6.07) is 3.66. The summed E-state index contributed by atoms with van der Waals surface area (Å²) < 4.78 is 26.2. The van der Waals surface area contributed by atoms with Crippen LogP contribution in [0, 0.1) is 0 Å². The van der Waals surface area contributed by atoms with Crippen molar-refractivity contribution in [1.82, 2.24) is 9.62 Å². The summed E-state index contributed by atoms with van der Waals surface area (Å²) in [5, 5.41) is 5.02. The Balaban J connectivity index is 0.00000128. The maximum Gasteiger partial charge on any atom is 0.252 e. The number of hydrogen-bond acceptors (Lipinski definition) is 4. The summed E-state index contributed by atoms with van der Waals surface area (Å²) in [5.41, 5.74) is 0. The molecule has 0 saturated carbocycles. The highest BCUT2D eigenvalue weighted by Gasteiger charge is 2.28. The van der Waals surface area contributed by atoms with E-state index in [1.807, 2.05) is 6.92 Å². The molecule has 4 nitrogen and oxygen atoms in total. The molecule has 0 bridgehead atoms. The van der Waals surface area contributed by atoms with E-state index in [9.17, 15) is 8.42 Å². The van der Waals surface area contributed by atoms with E-state index in [1.165, 1.54) is 11.3 Å². The third kappa shape index (κ3) is 2.75. The number of nitrogens with one attached hydrogen (secondary N) is 1. The van der Waals surface area contributed by atoms with Gasteiger partial charge in [-0.1, -0.05) is 6.07 Å². The van der Waals surface area contributed by atoms with Gasteiger partial charge >= 0.3 is 0 Å². The van der Waals surface area contributed by atoms with Crippen LogP contribution >= 0.6 is 23.7 Å². The van der Waals surface area contributed by atoms with Crippen LogP contribution in [0.1, 0.15) is 6.92 Å². The first-order valence-corrected chi connectivity index (χ1v) is 7.20. The highest BCUT2D eigenvalue weighted by Crippen LogP contribution is 2.21. The van der Waals surface area contributed by atoms with E-state index in [0.29, 0.717) is 17.3 Å². The smallest absolute Gasteiger partial charge is 0.252 e. The first kappa shape index (κ1) is 13.9. The van der Waals surface area contributed by atoms with E-state index < -0.39 is 10.0 Å². The van der Waals surface area contributed by atoms with Gasteiger partial charge in [-0.25, -0.2) is 8.42 Å². The van der Waals surface area contributed by atoms with Crippen molar-refractivity contribution < 1.29 is 8.42 Å². The van der Waals surface area contributed by atoms with E-state index in [4.69, 9.17) is 0 Å². The summed E-state index contributed by atoms with van der Waals surface area (Å²) in [5.74, 6) is 0. The lowest BCUT2D eigenvalue weighted by Gasteiger charge is -2.30. The van der Waals surface area contributed by atoms with E-state index >= 15 is 0 Å². The summed E-state index contributed by atoms with van der Waals surface area (Å²) in [4.78, 5) is 0. The lowest BCUT2D eigenvalue weighted by molar-refractivity contribution is 0.311. The van der Waals surface area contributed by atoms with Crippen LogP contribution in [0.4, 0.5) is 0 Å². The van der Waals surface area contributed by atoms with Gasteiger partial charge < -0.3 is 5.32 Å². The number of nitrogens with zero attached hydrogens (tertiary/aromatic N) is 1.